The summed E-state index contributed by atoms with van der Waals surface area (Å²) in [5.41, 5.74) is 6.49. The standard InChI is InChI=1S/C12H16F4N2/c1-18(5-4-12(14,15)16)8-9-2-3-11(13)10(6-9)7-17/h2-3,6H,4-5,7-8,17H2,1H3. The smallest absolute Gasteiger partial charge is 0.326 e. The van der Waals surface area contributed by atoms with Crippen molar-refractivity contribution in [3.8, 4) is 0 Å². The van der Waals surface area contributed by atoms with Gasteiger partial charge in [-0.1, -0.05) is 12.1 Å². The number of halogens is 4. The van der Waals surface area contributed by atoms with E-state index < -0.39 is 12.6 Å². The predicted octanol–water partition coefficient (Wildman–Crippen LogP) is 2.67. The maximum atomic E-state index is 13.2. The minimum Gasteiger partial charge on any atom is -0.326 e. The lowest BCUT2D eigenvalue weighted by atomic mass is 10.1. The van der Waals surface area contributed by atoms with Crippen molar-refractivity contribution in [1.29, 1.82) is 0 Å². The van der Waals surface area contributed by atoms with Crippen molar-refractivity contribution in [3.63, 3.8) is 0 Å². The van der Waals surface area contributed by atoms with E-state index in [0.717, 1.165) is 5.56 Å². The first-order valence-corrected chi connectivity index (χ1v) is 5.54. The average molecular weight is 264 g/mol. The predicted molar refractivity (Wildman–Crippen MR) is 61.3 cm³/mol. The Morgan fingerprint density at radius 2 is 1.94 bits per heavy atom. The molecule has 0 fully saturated rings. The fourth-order valence-electron chi connectivity index (χ4n) is 1.59. The first-order valence-electron chi connectivity index (χ1n) is 5.54. The Hall–Kier alpha value is -1.14. The summed E-state index contributed by atoms with van der Waals surface area (Å²) in [5, 5.41) is 0. The highest BCUT2D eigenvalue weighted by atomic mass is 19.4. The fourth-order valence-corrected chi connectivity index (χ4v) is 1.59. The number of hydrogen-bond donors (Lipinski definition) is 1. The molecule has 0 atom stereocenters. The summed E-state index contributed by atoms with van der Waals surface area (Å²) >= 11 is 0. The third kappa shape index (κ3) is 5.01. The van der Waals surface area contributed by atoms with E-state index in [2.05, 4.69) is 0 Å². The van der Waals surface area contributed by atoms with Gasteiger partial charge in [-0.2, -0.15) is 13.2 Å². The first kappa shape index (κ1) is 14.9. The van der Waals surface area contributed by atoms with Crippen molar-refractivity contribution >= 4 is 0 Å². The van der Waals surface area contributed by atoms with Gasteiger partial charge in [0.25, 0.3) is 0 Å². The molecule has 1 aromatic rings. The largest absolute Gasteiger partial charge is 0.390 e. The van der Waals surface area contributed by atoms with Crippen LogP contribution in [0.25, 0.3) is 0 Å². The summed E-state index contributed by atoms with van der Waals surface area (Å²) in [7, 11) is 1.59. The Bertz CT molecular complexity index is 390. The van der Waals surface area contributed by atoms with Crippen molar-refractivity contribution < 1.29 is 17.6 Å². The van der Waals surface area contributed by atoms with Gasteiger partial charge in [0, 0.05) is 25.2 Å². The lowest BCUT2D eigenvalue weighted by Crippen LogP contribution is -2.24. The average Bonchev–Trinajstić information content (AvgIpc) is 2.28. The quantitative estimate of drug-likeness (QED) is 0.828. The number of benzene rings is 1. The number of hydrogen-bond acceptors (Lipinski definition) is 2. The van der Waals surface area contributed by atoms with Crippen LogP contribution in [0.15, 0.2) is 18.2 Å². The van der Waals surface area contributed by atoms with Crippen molar-refractivity contribution in [2.24, 2.45) is 5.73 Å². The molecule has 0 spiro atoms. The first-order chi connectivity index (χ1) is 8.31. The second-order valence-corrected chi connectivity index (χ2v) is 4.23. The molecule has 0 aliphatic heterocycles. The van der Waals surface area contributed by atoms with Gasteiger partial charge in [-0.3, -0.25) is 0 Å². The van der Waals surface area contributed by atoms with Crippen molar-refractivity contribution in [2.45, 2.75) is 25.7 Å². The molecular weight excluding hydrogens is 248 g/mol. The van der Waals surface area contributed by atoms with Crippen LogP contribution in [0.4, 0.5) is 17.6 Å². The molecule has 18 heavy (non-hydrogen) atoms. The van der Waals surface area contributed by atoms with Crippen LogP contribution in [0, 0.1) is 5.82 Å². The summed E-state index contributed by atoms with van der Waals surface area (Å²) < 4.78 is 49.3. The molecule has 0 heterocycles. The van der Waals surface area contributed by atoms with Crippen molar-refractivity contribution in [1.82, 2.24) is 4.90 Å². The van der Waals surface area contributed by atoms with Crippen LogP contribution >= 0.6 is 0 Å². The zero-order valence-corrected chi connectivity index (χ0v) is 10.1. The molecule has 0 saturated heterocycles. The summed E-state index contributed by atoms with van der Waals surface area (Å²) in [6, 6.07) is 4.42. The maximum absolute atomic E-state index is 13.2. The van der Waals surface area contributed by atoms with Crippen LogP contribution in [0.2, 0.25) is 0 Å². The highest BCUT2D eigenvalue weighted by Gasteiger charge is 2.27. The summed E-state index contributed by atoms with van der Waals surface area (Å²) in [5.74, 6) is -0.390. The molecule has 102 valence electrons. The normalized spacial score (nSPS) is 12.2. The Morgan fingerprint density at radius 1 is 1.28 bits per heavy atom. The Morgan fingerprint density at radius 3 is 2.50 bits per heavy atom. The molecule has 0 radical (unpaired) electrons. The molecule has 0 aliphatic rings. The van der Waals surface area contributed by atoms with E-state index in [1.165, 1.54) is 6.07 Å². The molecule has 2 N–H and O–H groups in total. The van der Waals surface area contributed by atoms with E-state index in [1.807, 2.05) is 0 Å². The number of nitrogens with two attached hydrogens (primary N) is 1. The van der Waals surface area contributed by atoms with Gasteiger partial charge < -0.3 is 10.6 Å². The summed E-state index contributed by atoms with van der Waals surface area (Å²) in [6.07, 6.45) is -5.01. The topological polar surface area (TPSA) is 29.3 Å². The molecule has 0 saturated carbocycles. The zero-order valence-electron chi connectivity index (χ0n) is 10.1. The Kier molecular flexibility index (Phi) is 5.10. The molecule has 0 amide bonds. The Balaban J connectivity index is 2.56. The van der Waals surface area contributed by atoms with Crippen LogP contribution in [0.5, 0.6) is 0 Å². The highest BCUT2D eigenvalue weighted by molar-refractivity contribution is 5.24. The molecule has 0 unspecified atom stereocenters. The highest BCUT2D eigenvalue weighted by Crippen LogP contribution is 2.20. The molecule has 6 heteroatoms. The van der Waals surface area contributed by atoms with Gasteiger partial charge in [-0.25, -0.2) is 4.39 Å². The fraction of sp³-hybridized carbons (Fsp3) is 0.500. The lowest BCUT2D eigenvalue weighted by Gasteiger charge is -2.18. The number of rotatable bonds is 5. The second kappa shape index (κ2) is 6.15. The SMILES string of the molecule is CN(CCC(F)(F)F)Cc1ccc(F)c(CN)c1. The monoisotopic (exact) mass is 264 g/mol. The summed E-state index contributed by atoms with van der Waals surface area (Å²) in [4.78, 5) is 1.54. The molecule has 0 aromatic heterocycles. The van der Waals surface area contributed by atoms with E-state index in [1.54, 1.807) is 24.1 Å². The molecule has 0 bridgehead atoms. The lowest BCUT2D eigenvalue weighted by molar-refractivity contribution is -0.137. The van der Waals surface area contributed by atoms with Crippen LogP contribution in [0.1, 0.15) is 17.5 Å². The van der Waals surface area contributed by atoms with Gasteiger partial charge in [0.2, 0.25) is 0 Å². The molecule has 1 rings (SSSR count). The maximum Gasteiger partial charge on any atom is 0.390 e. The van der Waals surface area contributed by atoms with E-state index in [0.29, 0.717) is 12.1 Å². The van der Waals surface area contributed by atoms with Gasteiger partial charge in [-0.05, 0) is 18.7 Å². The van der Waals surface area contributed by atoms with E-state index in [4.69, 9.17) is 5.73 Å². The zero-order chi connectivity index (χ0) is 13.8. The van der Waals surface area contributed by atoms with E-state index in [9.17, 15) is 17.6 Å². The third-order valence-electron chi connectivity index (χ3n) is 2.56. The second-order valence-electron chi connectivity index (χ2n) is 4.23. The number of nitrogens with zero attached hydrogens (tertiary/aromatic N) is 1. The molecular formula is C12H16F4N2. The van der Waals surface area contributed by atoms with Gasteiger partial charge in [-0.15, -0.1) is 0 Å². The van der Waals surface area contributed by atoms with Crippen LogP contribution in [0.3, 0.4) is 0 Å². The van der Waals surface area contributed by atoms with Crippen molar-refractivity contribution in [2.75, 3.05) is 13.6 Å². The third-order valence-corrected chi connectivity index (χ3v) is 2.56. The van der Waals surface area contributed by atoms with E-state index in [-0.39, 0.29) is 18.9 Å². The molecule has 0 aliphatic carbocycles. The van der Waals surface area contributed by atoms with Gasteiger partial charge in [0.15, 0.2) is 0 Å². The van der Waals surface area contributed by atoms with Crippen LogP contribution < -0.4 is 5.73 Å². The van der Waals surface area contributed by atoms with Gasteiger partial charge in [0.1, 0.15) is 5.82 Å². The minimum absolute atomic E-state index is 0.0753. The Labute approximate surface area is 103 Å². The van der Waals surface area contributed by atoms with Gasteiger partial charge in [0.05, 0.1) is 6.42 Å². The summed E-state index contributed by atoms with van der Waals surface area (Å²) in [6.45, 7) is 0.328. The van der Waals surface area contributed by atoms with Crippen LogP contribution in [-0.2, 0) is 13.1 Å². The molecule has 1 aromatic carbocycles. The van der Waals surface area contributed by atoms with E-state index >= 15 is 0 Å². The van der Waals surface area contributed by atoms with Crippen LogP contribution in [-0.4, -0.2) is 24.7 Å². The minimum atomic E-state index is -4.15. The number of alkyl halides is 3. The van der Waals surface area contributed by atoms with Gasteiger partial charge >= 0.3 is 6.18 Å². The molecule has 2 nitrogen and oxygen atoms in total. The van der Waals surface area contributed by atoms with Crippen molar-refractivity contribution in [3.05, 3.63) is 35.1 Å².